The van der Waals surface area contributed by atoms with E-state index >= 15 is 0 Å². The first-order chi connectivity index (χ1) is 5.06. The molecule has 0 aliphatic rings. The molecule has 0 aromatic carbocycles. The lowest BCUT2D eigenvalue weighted by Gasteiger charge is -2.19. The van der Waals surface area contributed by atoms with E-state index in [2.05, 4.69) is 48.8 Å². The maximum absolute atomic E-state index is 3.52. The number of rotatable bonds is 2. The van der Waals surface area contributed by atoms with Gasteiger partial charge in [-0.1, -0.05) is 29.8 Å². The maximum atomic E-state index is 3.52. The molecule has 0 aliphatic carbocycles. The minimum Gasteiger partial charge on any atom is -0.145 e. The fraction of sp³-hybridized carbons (Fsp3) is 0.556. The fourth-order valence-electron chi connectivity index (χ4n) is 0.864. The van der Waals surface area contributed by atoms with Crippen LogP contribution in [-0.2, 0) is 5.41 Å². The number of alkyl halides is 1. The highest BCUT2D eigenvalue weighted by atomic mass is 79.9. The van der Waals surface area contributed by atoms with Crippen LogP contribution in [-0.4, -0.2) is 5.33 Å². The zero-order valence-electron chi connectivity index (χ0n) is 7.15. The smallest absolute Gasteiger partial charge is 0.0131 e. The molecule has 0 fully saturated rings. The Labute approximate surface area is 80.8 Å². The van der Waals surface area contributed by atoms with Crippen molar-refractivity contribution in [2.45, 2.75) is 26.2 Å². The highest BCUT2D eigenvalue weighted by Crippen LogP contribution is 2.30. The van der Waals surface area contributed by atoms with Crippen molar-refractivity contribution in [1.29, 1.82) is 0 Å². The van der Waals surface area contributed by atoms with Gasteiger partial charge in [-0.2, -0.15) is 0 Å². The minimum absolute atomic E-state index is 0.291. The van der Waals surface area contributed by atoms with Crippen LogP contribution in [0.1, 0.15) is 23.6 Å². The molecule has 0 unspecified atom stereocenters. The van der Waals surface area contributed by atoms with Gasteiger partial charge in [-0.05, 0) is 19.1 Å². The molecule has 11 heavy (non-hydrogen) atoms. The van der Waals surface area contributed by atoms with Crippen molar-refractivity contribution in [3.8, 4) is 0 Å². The first-order valence-electron chi connectivity index (χ1n) is 3.69. The van der Waals surface area contributed by atoms with Crippen molar-refractivity contribution in [2.24, 2.45) is 0 Å². The molecular weight excluding hydrogens is 220 g/mol. The largest absolute Gasteiger partial charge is 0.145 e. The number of hydrogen-bond donors (Lipinski definition) is 0. The van der Waals surface area contributed by atoms with Crippen LogP contribution in [0.5, 0.6) is 0 Å². The third-order valence-corrected chi connectivity index (χ3v) is 4.51. The van der Waals surface area contributed by atoms with Crippen molar-refractivity contribution >= 4 is 27.3 Å². The second kappa shape index (κ2) is 3.28. The predicted molar refractivity (Wildman–Crippen MR) is 55.9 cm³/mol. The van der Waals surface area contributed by atoms with E-state index in [-0.39, 0.29) is 0 Å². The van der Waals surface area contributed by atoms with E-state index < -0.39 is 0 Å². The van der Waals surface area contributed by atoms with E-state index in [0.717, 1.165) is 5.33 Å². The topological polar surface area (TPSA) is 0 Å². The monoisotopic (exact) mass is 232 g/mol. The Morgan fingerprint density at radius 3 is 2.45 bits per heavy atom. The predicted octanol–water partition coefficient (Wildman–Crippen LogP) is 3.73. The molecule has 1 heterocycles. The van der Waals surface area contributed by atoms with Crippen LogP contribution in [0.4, 0.5) is 0 Å². The molecule has 0 amide bonds. The van der Waals surface area contributed by atoms with Gasteiger partial charge in [0.05, 0.1) is 0 Å². The fourth-order valence-corrected chi connectivity index (χ4v) is 2.32. The van der Waals surface area contributed by atoms with Gasteiger partial charge in [-0.3, -0.25) is 0 Å². The Balaban J connectivity index is 2.92. The van der Waals surface area contributed by atoms with Gasteiger partial charge in [0.25, 0.3) is 0 Å². The molecule has 0 spiro atoms. The van der Waals surface area contributed by atoms with E-state index in [1.165, 1.54) is 9.75 Å². The molecule has 2 heteroatoms. The summed E-state index contributed by atoms with van der Waals surface area (Å²) in [4.78, 5) is 2.86. The quantitative estimate of drug-likeness (QED) is 0.683. The Hall–Kier alpha value is 0.180. The molecule has 0 saturated carbocycles. The number of hydrogen-bond acceptors (Lipinski definition) is 1. The third-order valence-electron chi connectivity index (χ3n) is 1.74. The second-order valence-electron chi connectivity index (χ2n) is 3.43. The van der Waals surface area contributed by atoms with Crippen molar-refractivity contribution in [3.63, 3.8) is 0 Å². The highest BCUT2D eigenvalue weighted by Gasteiger charge is 2.20. The molecule has 1 aromatic heterocycles. The second-order valence-corrected chi connectivity index (χ2v) is 5.28. The SMILES string of the molecule is Cc1ccc(C(C)(C)CBr)s1. The lowest BCUT2D eigenvalue weighted by atomic mass is 9.95. The molecule has 0 nitrogen and oxygen atoms in total. The van der Waals surface area contributed by atoms with Gasteiger partial charge in [-0.15, -0.1) is 11.3 Å². The summed E-state index contributed by atoms with van der Waals surface area (Å²) in [6.07, 6.45) is 0. The summed E-state index contributed by atoms with van der Waals surface area (Å²) in [5.41, 5.74) is 0.291. The summed E-state index contributed by atoms with van der Waals surface area (Å²) in [6, 6.07) is 4.41. The molecule has 0 saturated heterocycles. The Morgan fingerprint density at radius 1 is 1.45 bits per heavy atom. The average Bonchev–Trinajstić information content (AvgIpc) is 2.36. The summed E-state index contributed by atoms with van der Waals surface area (Å²) < 4.78 is 0. The normalized spacial score (nSPS) is 12.0. The first-order valence-corrected chi connectivity index (χ1v) is 5.63. The summed E-state index contributed by atoms with van der Waals surface area (Å²) in [5, 5.41) is 1.03. The molecule has 0 bridgehead atoms. The molecule has 0 radical (unpaired) electrons. The van der Waals surface area contributed by atoms with Crippen LogP contribution in [0.15, 0.2) is 12.1 Å². The van der Waals surface area contributed by atoms with Gasteiger partial charge < -0.3 is 0 Å². The lowest BCUT2D eigenvalue weighted by Crippen LogP contribution is -2.16. The zero-order chi connectivity index (χ0) is 8.48. The maximum Gasteiger partial charge on any atom is 0.0131 e. The van der Waals surface area contributed by atoms with Gasteiger partial charge >= 0.3 is 0 Å². The molecular formula is C9H13BrS. The summed E-state index contributed by atoms with van der Waals surface area (Å²) in [5.74, 6) is 0. The van der Waals surface area contributed by atoms with Gasteiger partial charge in [-0.25, -0.2) is 0 Å². The van der Waals surface area contributed by atoms with E-state index in [9.17, 15) is 0 Å². The molecule has 62 valence electrons. The standard InChI is InChI=1S/C9H13BrS/c1-7-4-5-8(11-7)9(2,3)6-10/h4-5H,6H2,1-3H3. The Morgan fingerprint density at radius 2 is 2.09 bits per heavy atom. The third kappa shape index (κ3) is 2.06. The minimum atomic E-state index is 0.291. The Bertz CT molecular complexity index is 237. The number of thiophene rings is 1. The van der Waals surface area contributed by atoms with Crippen LogP contribution in [0.25, 0.3) is 0 Å². The molecule has 0 atom stereocenters. The summed E-state index contributed by atoms with van der Waals surface area (Å²) in [7, 11) is 0. The highest BCUT2D eigenvalue weighted by molar-refractivity contribution is 9.09. The zero-order valence-corrected chi connectivity index (χ0v) is 9.55. The van der Waals surface area contributed by atoms with Gasteiger partial charge in [0, 0.05) is 20.5 Å². The first kappa shape index (κ1) is 9.27. The van der Waals surface area contributed by atoms with E-state index in [1.54, 1.807) is 0 Å². The molecule has 0 aliphatic heterocycles. The molecule has 1 aromatic rings. The van der Waals surface area contributed by atoms with Crippen LogP contribution >= 0.6 is 27.3 Å². The lowest BCUT2D eigenvalue weighted by molar-refractivity contribution is 0.621. The summed E-state index contributed by atoms with van der Waals surface area (Å²) >= 11 is 5.41. The van der Waals surface area contributed by atoms with Gasteiger partial charge in [0.15, 0.2) is 0 Å². The van der Waals surface area contributed by atoms with E-state index in [0.29, 0.717) is 5.41 Å². The van der Waals surface area contributed by atoms with E-state index in [4.69, 9.17) is 0 Å². The van der Waals surface area contributed by atoms with E-state index in [1.807, 2.05) is 11.3 Å². The van der Waals surface area contributed by atoms with Crippen LogP contribution in [0.2, 0.25) is 0 Å². The van der Waals surface area contributed by atoms with Crippen LogP contribution in [0, 0.1) is 6.92 Å². The van der Waals surface area contributed by atoms with Crippen LogP contribution < -0.4 is 0 Å². The van der Waals surface area contributed by atoms with Crippen molar-refractivity contribution in [3.05, 3.63) is 21.9 Å². The van der Waals surface area contributed by atoms with Gasteiger partial charge in [0.2, 0.25) is 0 Å². The Kier molecular flexibility index (Phi) is 2.76. The van der Waals surface area contributed by atoms with Crippen molar-refractivity contribution in [2.75, 3.05) is 5.33 Å². The number of aryl methyl sites for hydroxylation is 1. The van der Waals surface area contributed by atoms with Gasteiger partial charge in [0.1, 0.15) is 0 Å². The average molecular weight is 233 g/mol. The summed E-state index contributed by atoms with van der Waals surface area (Å²) in [6.45, 7) is 6.67. The van der Waals surface area contributed by atoms with Crippen molar-refractivity contribution in [1.82, 2.24) is 0 Å². The molecule has 0 N–H and O–H groups in total. The van der Waals surface area contributed by atoms with Crippen molar-refractivity contribution < 1.29 is 0 Å². The van der Waals surface area contributed by atoms with Crippen LogP contribution in [0.3, 0.4) is 0 Å². The number of halogens is 1. The molecule has 1 rings (SSSR count).